The van der Waals surface area contributed by atoms with Crippen molar-refractivity contribution in [2.24, 2.45) is 5.92 Å². The van der Waals surface area contributed by atoms with Gasteiger partial charge in [0.15, 0.2) is 11.5 Å². The van der Waals surface area contributed by atoms with Crippen molar-refractivity contribution >= 4 is 0 Å². The van der Waals surface area contributed by atoms with Gasteiger partial charge >= 0.3 is 0 Å². The first-order valence-corrected chi connectivity index (χ1v) is 6.73. The van der Waals surface area contributed by atoms with Crippen molar-refractivity contribution in [3.8, 4) is 17.6 Å². The zero-order valence-corrected chi connectivity index (χ0v) is 11.5. The van der Waals surface area contributed by atoms with Crippen LogP contribution >= 0.6 is 0 Å². The normalized spacial score (nSPS) is 17.1. The monoisotopic (exact) mass is 260 g/mol. The number of ether oxygens (including phenoxy) is 2. The Kier molecular flexibility index (Phi) is 4.64. The third-order valence-corrected chi connectivity index (χ3v) is 3.22. The van der Waals surface area contributed by atoms with Gasteiger partial charge in [0.2, 0.25) is 0 Å². The van der Waals surface area contributed by atoms with Crippen molar-refractivity contribution in [2.45, 2.75) is 26.3 Å². The average Bonchev–Trinajstić information content (AvgIpc) is 2.68. The van der Waals surface area contributed by atoms with Gasteiger partial charge in [0, 0.05) is 19.0 Å². The van der Waals surface area contributed by atoms with E-state index in [1.165, 1.54) is 0 Å². The maximum atomic E-state index is 8.78. The quantitative estimate of drug-likeness (QED) is 0.904. The number of hydrogen-bond donors (Lipinski definition) is 1. The molecule has 1 aromatic rings. The molecule has 4 nitrogen and oxygen atoms in total. The molecule has 1 aliphatic heterocycles. The van der Waals surface area contributed by atoms with E-state index in [1.807, 2.05) is 25.1 Å². The molecule has 0 spiro atoms. The molecule has 4 heteroatoms. The lowest BCUT2D eigenvalue weighted by molar-refractivity contribution is 0.297. The molecule has 0 aromatic heterocycles. The average molecular weight is 260 g/mol. The Morgan fingerprint density at radius 3 is 2.74 bits per heavy atom. The van der Waals surface area contributed by atoms with Crippen molar-refractivity contribution in [1.29, 1.82) is 5.26 Å². The summed E-state index contributed by atoms with van der Waals surface area (Å²) in [7, 11) is 0. The fourth-order valence-electron chi connectivity index (χ4n) is 1.97. The van der Waals surface area contributed by atoms with Crippen molar-refractivity contribution < 1.29 is 9.47 Å². The van der Waals surface area contributed by atoms with Crippen LogP contribution in [0.1, 0.15) is 31.9 Å². The lowest BCUT2D eigenvalue weighted by Crippen LogP contribution is -2.23. The Hall–Kier alpha value is -1.73. The minimum atomic E-state index is 0.0165. The zero-order valence-electron chi connectivity index (χ0n) is 11.5. The van der Waals surface area contributed by atoms with Crippen LogP contribution in [0, 0.1) is 17.2 Å². The van der Waals surface area contributed by atoms with Gasteiger partial charge in [-0.05, 0) is 31.5 Å². The van der Waals surface area contributed by atoms with Crippen LogP contribution in [-0.2, 0) is 0 Å². The SMILES string of the molecule is CC(C#N)CNC(C)c1ccc2c(c1)OCCCO2. The lowest BCUT2D eigenvalue weighted by atomic mass is 10.1. The third kappa shape index (κ3) is 3.62. The van der Waals surface area contributed by atoms with Gasteiger partial charge in [-0.25, -0.2) is 0 Å². The Morgan fingerprint density at radius 2 is 2.00 bits per heavy atom. The van der Waals surface area contributed by atoms with E-state index in [4.69, 9.17) is 14.7 Å². The molecule has 1 aromatic carbocycles. The summed E-state index contributed by atoms with van der Waals surface area (Å²) < 4.78 is 11.3. The number of nitrogens with zero attached hydrogens (tertiary/aromatic N) is 1. The van der Waals surface area contributed by atoms with E-state index in [9.17, 15) is 0 Å². The van der Waals surface area contributed by atoms with Gasteiger partial charge in [-0.1, -0.05) is 6.07 Å². The molecular formula is C15H20N2O2. The van der Waals surface area contributed by atoms with Crippen molar-refractivity contribution in [2.75, 3.05) is 19.8 Å². The highest BCUT2D eigenvalue weighted by atomic mass is 16.5. The summed E-state index contributed by atoms with van der Waals surface area (Å²) in [4.78, 5) is 0. The standard InChI is InChI=1S/C15H20N2O2/c1-11(9-16)10-17-12(2)13-4-5-14-15(8-13)19-7-3-6-18-14/h4-5,8,11-12,17H,3,6-7,10H2,1-2H3. The van der Waals surface area contributed by atoms with Crippen LogP contribution in [0.15, 0.2) is 18.2 Å². The highest BCUT2D eigenvalue weighted by Gasteiger charge is 2.13. The molecule has 0 bridgehead atoms. The molecule has 2 rings (SSSR count). The largest absolute Gasteiger partial charge is 0.490 e. The van der Waals surface area contributed by atoms with E-state index >= 15 is 0 Å². The number of fused-ring (bicyclic) bond motifs is 1. The van der Waals surface area contributed by atoms with Gasteiger partial charge in [-0.3, -0.25) is 0 Å². The Labute approximate surface area is 114 Å². The topological polar surface area (TPSA) is 54.3 Å². The zero-order chi connectivity index (χ0) is 13.7. The fraction of sp³-hybridized carbons (Fsp3) is 0.533. The molecule has 1 N–H and O–H groups in total. The summed E-state index contributed by atoms with van der Waals surface area (Å²) in [5.74, 6) is 1.65. The molecule has 2 unspecified atom stereocenters. The predicted molar refractivity (Wildman–Crippen MR) is 73.2 cm³/mol. The van der Waals surface area contributed by atoms with Crippen molar-refractivity contribution in [1.82, 2.24) is 5.32 Å². The molecule has 0 radical (unpaired) electrons. The fourth-order valence-corrected chi connectivity index (χ4v) is 1.97. The molecule has 1 aliphatic rings. The van der Waals surface area contributed by atoms with E-state index in [2.05, 4.69) is 18.3 Å². The summed E-state index contributed by atoms with van der Waals surface area (Å²) >= 11 is 0. The van der Waals surface area contributed by atoms with Gasteiger partial charge < -0.3 is 14.8 Å². The summed E-state index contributed by atoms with van der Waals surface area (Å²) in [6.45, 7) is 6.09. The van der Waals surface area contributed by atoms with Gasteiger partial charge in [0.05, 0.1) is 25.2 Å². The summed E-state index contributed by atoms with van der Waals surface area (Å²) in [5.41, 5.74) is 1.15. The highest BCUT2D eigenvalue weighted by molar-refractivity contribution is 5.44. The molecule has 0 saturated carbocycles. The second-order valence-electron chi connectivity index (χ2n) is 4.92. The van der Waals surface area contributed by atoms with Gasteiger partial charge in [-0.2, -0.15) is 5.26 Å². The summed E-state index contributed by atoms with van der Waals surface area (Å²) in [5, 5.41) is 12.1. The van der Waals surface area contributed by atoms with E-state index in [1.54, 1.807) is 0 Å². The maximum absolute atomic E-state index is 8.78. The molecule has 0 fully saturated rings. The third-order valence-electron chi connectivity index (χ3n) is 3.22. The second kappa shape index (κ2) is 6.44. The van der Waals surface area contributed by atoms with Gasteiger partial charge in [0.1, 0.15) is 0 Å². The molecular weight excluding hydrogens is 240 g/mol. The van der Waals surface area contributed by atoms with Crippen LogP contribution in [0.4, 0.5) is 0 Å². The molecule has 19 heavy (non-hydrogen) atoms. The Morgan fingerprint density at radius 1 is 1.26 bits per heavy atom. The predicted octanol–water partition coefficient (Wildman–Crippen LogP) is 2.66. The van der Waals surface area contributed by atoms with Gasteiger partial charge in [0.25, 0.3) is 0 Å². The molecule has 102 valence electrons. The highest BCUT2D eigenvalue weighted by Crippen LogP contribution is 2.32. The smallest absolute Gasteiger partial charge is 0.161 e. The molecule has 2 atom stereocenters. The van der Waals surface area contributed by atoms with Crippen LogP contribution in [-0.4, -0.2) is 19.8 Å². The first kappa shape index (κ1) is 13.7. The molecule has 0 aliphatic carbocycles. The van der Waals surface area contributed by atoms with E-state index in [0.717, 1.165) is 23.5 Å². The van der Waals surface area contributed by atoms with E-state index in [-0.39, 0.29) is 12.0 Å². The number of nitrogens with one attached hydrogen (secondary N) is 1. The molecule has 0 saturated heterocycles. The minimum Gasteiger partial charge on any atom is -0.490 e. The number of hydrogen-bond acceptors (Lipinski definition) is 4. The summed E-state index contributed by atoms with van der Waals surface area (Å²) in [6.07, 6.45) is 0.914. The van der Waals surface area contributed by atoms with Crippen LogP contribution in [0.3, 0.4) is 0 Å². The van der Waals surface area contributed by atoms with E-state index < -0.39 is 0 Å². The molecule has 0 amide bonds. The minimum absolute atomic E-state index is 0.0165. The second-order valence-corrected chi connectivity index (χ2v) is 4.92. The number of rotatable bonds is 4. The van der Waals surface area contributed by atoms with Crippen LogP contribution in [0.25, 0.3) is 0 Å². The first-order valence-electron chi connectivity index (χ1n) is 6.73. The first-order chi connectivity index (χ1) is 9.20. The van der Waals surface area contributed by atoms with Crippen LogP contribution in [0.5, 0.6) is 11.5 Å². The molecule has 1 heterocycles. The lowest BCUT2D eigenvalue weighted by Gasteiger charge is -2.17. The van der Waals surface area contributed by atoms with Crippen LogP contribution < -0.4 is 14.8 Å². The van der Waals surface area contributed by atoms with Crippen LogP contribution in [0.2, 0.25) is 0 Å². The van der Waals surface area contributed by atoms with E-state index in [0.29, 0.717) is 19.8 Å². The Balaban J connectivity index is 2.04. The maximum Gasteiger partial charge on any atom is 0.161 e. The van der Waals surface area contributed by atoms with Crippen molar-refractivity contribution in [3.63, 3.8) is 0 Å². The van der Waals surface area contributed by atoms with Gasteiger partial charge in [-0.15, -0.1) is 0 Å². The summed E-state index contributed by atoms with van der Waals surface area (Å²) in [6, 6.07) is 8.44. The van der Waals surface area contributed by atoms with Crippen molar-refractivity contribution in [3.05, 3.63) is 23.8 Å². The Bertz CT molecular complexity index is 468. The number of benzene rings is 1. The number of nitriles is 1.